The van der Waals surface area contributed by atoms with Crippen molar-refractivity contribution in [3.05, 3.63) is 24.0 Å². The molecule has 0 aliphatic heterocycles. The fraction of sp³-hybridized carbons (Fsp3) is 0.417. The molecule has 94 valence electrons. The van der Waals surface area contributed by atoms with Crippen LogP contribution in [0.4, 0.5) is 15.8 Å². The number of rotatable bonds is 5. The number of carbonyl (C=O) groups is 1. The van der Waals surface area contributed by atoms with Gasteiger partial charge in [0.1, 0.15) is 5.82 Å². The zero-order chi connectivity index (χ0) is 12.8. The SMILES string of the molecule is CCCN(CC(=O)NC)c1cc(F)ccc1N. The molecule has 0 aromatic heterocycles. The number of carbonyl (C=O) groups excluding carboxylic acids is 1. The molecule has 0 saturated carbocycles. The normalized spacial score (nSPS) is 10.1. The Kier molecular flexibility index (Phi) is 4.75. The predicted octanol–water partition coefficient (Wildman–Crippen LogP) is 1.37. The van der Waals surface area contributed by atoms with Gasteiger partial charge in [-0.2, -0.15) is 0 Å². The van der Waals surface area contributed by atoms with Gasteiger partial charge in [-0.1, -0.05) is 6.92 Å². The van der Waals surface area contributed by atoms with Gasteiger partial charge in [0.05, 0.1) is 17.9 Å². The van der Waals surface area contributed by atoms with Crippen molar-refractivity contribution < 1.29 is 9.18 Å². The summed E-state index contributed by atoms with van der Waals surface area (Å²) in [6.45, 7) is 2.82. The summed E-state index contributed by atoms with van der Waals surface area (Å²) in [4.78, 5) is 13.2. The van der Waals surface area contributed by atoms with Crippen LogP contribution in [0.3, 0.4) is 0 Å². The van der Waals surface area contributed by atoms with Crippen molar-refractivity contribution in [3.63, 3.8) is 0 Å². The lowest BCUT2D eigenvalue weighted by molar-refractivity contribution is -0.119. The fourth-order valence-corrected chi connectivity index (χ4v) is 1.60. The van der Waals surface area contributed by atoms with Crippen LogP contribution in [-0.4, -0.2) is 26.0 Å². The number of halogens is 1. The van der Waals surface area contributed by atoms with Crippen LogP contribution in [0.5, 0.6) is 0 Å². The Bertz CT molecular complexity index is 395. The van der Waals surface area contributed by atoms with E-state index in [1.165, 1.54) is 18.2 Å². The summed E-state index contributed by atoms with van der Waals surface area (Å²) in [7, 11) is 1.57. The Hall–Kier alpha value is -1.78. The minimum absolute atomic E-state index is 0.123. The first-order valence-electron chi connectivity index (χ1n) is 5.59. The van der Waals surface area contributed by atoms with Gasteiger partial charge in [0.15, 0.2) is 0 Å². The second kappa shape index (κ2) is 6.08. The third-order valence-corrected chi connectivity index (χ3v) is 2.44. The number of nitrogens with zero attached hydrogens (tertiary/aromatic N) is 1. The van der Waals surface area contributed by atoms with Crippen molar-refractivity contribution in [2.75, 3.05) is 30.8 Å². The number of nitrogens with one attached hydrogen (secondary N) is 1. The van der Waals surface area contributed by atoms with E-state index in [2.05, 4.69) is 5.32 Å². The standard InChI is InChI=1S/C12H18FN3O/c1-3-6-16(8-12(17)15-2)11-7-9(13)4-5-10(11)14/h4-5,7H,3,6,8,14H2,1-2H3,(H,15,17). The molecule has 1 amide bonds. The van der Waals surface area contributed by atoms with Crippen LogP contribution in [-0.2, 0) is 4.79 Å². The lowest BCUT2D eigenvalue weighted by Crippen LogP contribution is -2.36. The van der Waals surface area contributed by atoms with Crippen LogP contribution >= 0.6 is 0 Å². The average molecular weight is 239 g/mol. The molecule has 0 aliphatic rings. The van der Waals surface area contributed by atoms with Crippen LogP contribution in [0.25, 0.3) is 0 Å². The first-order valence-corrected chi connectivity index (χ1v) is 5.59. The van der Waals surface area contributed by atoms with Crippen molar-refractivity contribution in [2.45, 2.75) is 13.3 Å². The van der Waals surface area contributed by atoms with Gasteiger partial charge in [0, 0.05) is 13.6 Å². The third-order valence-electron chi connectivity index (χ3n) is 2.44. The van der Waals surface area contributed by atoms with Crippen LogP contribution < -0.4 is 16.0 Å². The van der Waals surface area contributed by atoms with E-state index >= 15 is 0 Å². The molecular formula is C12H18FN3O. The van der Waals surface area contributed by atoms with E-state index in [1.54, 1.807) is 11.9 Å². The number of hydrogen-bond acceptors (Lipinski definition) is 3. The summed E-state index contributed by atoms with van der Waals surface area (Å²) < 4.78 is 13.2. The number of amides is 1. The summed E-state index contributed by atoms with van der Waals surface area (Å²) in [6, 6.07) is 4.17. The van der Waals surface area contributed by atoms with E-state index in [4.69, 9.17) is 5.73 Å². The lowest BCUT2D eigenvalue weighted by Gasteiger charge is -2.24. The molecule has 1 aromatic rings. The summed E-state index contributed by atoms with van der Waals surface area (Å²) in [5, 5.41) is 2.54. The molecule has 0 bridgehead atoms. The van der Waals surface area contributed by atoms with Gasteiger partial charge in [-0.15, -0.1) is 0 Å². The van der Waals surface area contributed by atoms with Gasteiger partial charge >= 0.3 is 0 Å². The van der Waals surface area contributed by atoms with E-state index in [0.717, 1.165) is 6.42 Å². The number of nitrogens with two attached hydrogens (primary N) is 1. The van der Waals surface area contributed by atoms with E-state index in [0.29, 0.717) is 17.9 Å². The highest BCUT2D eigenvalue weighted by Gasteiger charge is 2.13. The maximum atomic E-state index is 13.2. The lowest BCUT2D eigenvalue weighted by atomic mass is 10.2. The Balaban J connectivity index is 2.95. The summed E-state index contributed by atoms with van der Waals surface area (Å²) in [6.07, 6.45) is 0.854. The van der Waals surface area contributed by atoms with E-state index < -0.39 is 0 Å². The first-order chi connectivity index (χ1) is 8.08. The molecule has 0 atom stereocenters. The Morgan fingerprint density at radius 3 is 2.82 bits per heavy atom. The molecule has 0 saturated heterocycles. The Labute approximate surface area is 101 Å². The Morgan fingerprint density at radius 2 is 2.24 bits per heavy atom. The number of benzene rings is 1. The first kappa shape index (κ1) is 13.3. The summed E-state index contributed by atoms with van der Waals surface area (Å²) in [5.74, 6) is -0.477. The molecule has 17 heavy (non-hydrogen) atoms. The molecule has 5 heteroatoms. The van der Waals surface area contributed by atoms with E-state index in [9.17, 15) is 9.18 Å². The molecule has 0 aliphatic carbocycles. The number of likely N-dealkylation sites (N-methyl/N-ethyl adjacent to an activating group) is 1. The van der Waals surface area contributed by atoms with Gasteiger partial charge in [0.2, 0.25) is 5.91 Å². The molecule has 0 spiro atoms. The Morgan fingerprint density at radius 1 is 1.53 bits per heavy atom. The third kappa shape index (κ3) is 3.62. The highest BCUT2D eigenvalue weighted by molar-refractivity contribution is 5.82. The molecule has 0 radical (unpaired) electrons. The van der Waals surface area contributed by atoms with Crippen LogP contribution in [0.15, 0.2) is 18.2 Å². The fourth-order valence-electron chi connectivity index (χ4n) is 1.60. The zero-order valence-electron chi connectivity index (χ0n) is 10.2. The molecule has 4 nitrogen and oxygen atoms in total. The maximum absolute atomic E-state index is 13.2. The molecule has 1 rings (SSSR count). The van der Waals surface area contributed by atoms with Gasteiger partial charge in [0.25, 0.3) is 0 Å². The van der Waals surface area contributed by atoms with Gasteiger partial charge < -0.3 is 16.0 Å². The van der Waals surface area contributed by atoms with Gasteiger partial charge in [-0.3, -0.25) is 4.79 Å². The molecule has 0 fully saturated rings. The largest absolute Gasteiger partial charge is 0.397 e. The molecule has 1 aromatic carbocycles. The minimum atomic E-state index is -0.354. The minimum Gasteiger partial charge on any atom is -0.397 e. The topological polar surface area (TPSA) is 58.4 Å². The van der Waals surface area contributed by atoms with Gasteiger partial charge in [-0.05, 0) is 24.6 Å². The van der Waals surface area contributed by atoms with Crippen molar-refractivity contribution >= 4 is 17.3 Å². The van der Waals surface area contributed by atoms with Crippen LogP contribution in [0, 0.1) is 5.82 Å². The highest BCUT2D eigenvalue weighted by Crippen LogP contribution is 2.24. The quantitative estimate of drug-likeness (QED) is 0.763. The van der Waals surface area contributed by atoms with Gasteiger partial charge in [-0.25, -0.2) is 4.39 Å². The van der Waals surface area contributed by atoms with Crippen molar-refractivity contribution in [3.8, 4) is 0 Å². The predicted molar refractivity (Wildman–Crippen MR) is 67.4 cm³/mol. The van der Waals surface area contributed by atoms with Crippen molar-refractivity contribution in [2.24, 2.45) is 0 Å². The molecule has 0 unspecified atom stereocenters. The molecular weight excluding hydrogens is 221 g/mol. The number of anilines is 2. The van der Waals surface area contributed by atoms with E-state index in [-0.39, 0.29) is 18.3 Å². The highest BCUT2D eigenvalue weighted by atomic mass is 19.1. The van der Waals surface area contributed by atoms with Crippen molar-refractivity contribution in [1.82, 2.24) is 5.32 Å². The number of hydrogen-bond donors (Lipinski definition) is 2. The monoisotopic (exact) mass is 239 g/mol. The maximum Gasteiger partial charge on any atom is 0.239 e. The molecule has 3 N–H and O–H groups in total. The van der Waals surface area contributed by atoms with E-state index in [1.807, 2.05) is 6.92 Å². The average Bonchev–Trinajstić information content (AvgIpc) is 2.31. The van der Waals surface area contributed by atoms with Crippen LogP contribution in [0.1, 0.15) is 13.3 Å². The summed E-state index contributed by atoms with van der Waals surface area (Å²) >= 11 is 0. The summed E-state index contributed by atoms with van der Waals surface area (Å²) in [5.41, 5.74) is 6.84. The molecule has 0 heterocycles. The van der Waals surface area contributed by atoms with Crippen LogP contribution in [0.2, 0.25) is 0 Å². The second-order valence-corrected chi connectivity index (χ2v) is 3.80. The number of nitrogen functional groups attached to an aromatic ring is 1. The second-order valence-electron chi connectivity index (χ2n) is 3.80. The van der Waals surface area contributed by atoms with Crippen molar-refractivity contribution in [1.29, 1.82) is 0 Å². The zero-order valence-corrected chi connectivity index (χ0v) is 10.2. The smallest absolute Gasteiger partial charge is 0.239 e.